The molecule has 0 unspecified atom stereocenters. The molecule has 0 radical (unpaired) electrons. The smallest absolute Gasteiger partial charge is 0.480 e. The van der Waals surface area contributed by atoms with Crippen LogP contribution in [0, 0.1) is 0 Å². The van der Waals surface area contributed by atoms with Crippen molar-refractivity contribution in [2.24, 2.45) is 0 Å². The molecule has 46 valence electrons. The monoisotopic (exact) mass is 116 g/mol. The summed E-state index contributed by atoms with van der Waals surface area (Å²) in [6.07, 6.45) is 1.78. The van der Waals surface area contributed by atoms with Crippen LogP contribution < -0.4 is 5.32 Å². The van der Waals surface area contributed by atoms with Gasteiger partial charge in [0.15, 0.2) is 0 Å². The summed E-state index contributed by atoms with van der Waals surface area (Å²) in [5.74, 6) is -0.720. The number of hydrogen-bond donors (Lipinski definition) is 2. The second-order valence-electron chi connectivity index (χ2n) is 1.99. The molecule has 1 aliphatic heterocycles. The molecular weight excluding hydrogens is 106 g/mol. The zero-order valence-corrected chi connectivity index (χ0v) is 4.55. The third kappa shape index (κ3) is 0.980. The van der Waals surface area contributed by atoms with Crippen molar-refractivity contribution in [3.8, 4) is 0 Å². The predicted octanol–water partition coefficient (Wildman–Crippen LogP) is -0.0645. The average Bonchev–Trinajstić information content (AvgIpc) is 2.12. The van der Waals surface area contributed by atoms with Crippen molar-refractivity contribution in [2.75, 3.05) is 6.54 Å². The van der Waals surface area contributed by atoms with Gasteiger partial charge in [-0.1, -0.05) is 0 Å². The highest BCUT2D eigenvalue weighted by Crippen LogP contribution is 2.03. The number of carboxylic acid groups (broad SMARTS) is 1. The molecule has 0 aromatic heterocycles. The summed E-state index contributed by atoms with van der Waals surface area (Å²) in [5.41, 5.74) is 0. The van der Waals surface area contributed by atoms with Gasteiger partial charge < -0.3 is 10.4 Å². The summed E-state index contributed by atoms with van der Waals surface area (Å²) >= 11 is 0. The SMILES string of the molecule is O=C(O)[C@@H]1CCCN1.[H+]. The van der Waals surface area contributed by atoms with Crippen LogP contribution in [-0.2, 0) is 4.79 Å². The van der Waals surface area contributed by atoms with Crippen LogP contribution in [0.15, 0.2) is 0 Å². The van der Waals surface area contributed by atoms with Gasteiger partial charge >= 0.3 is 7.40 Å². The first-order chi connectivity index (χ1) is 3.80. The van der Waals surface area contributed by atoms with E-state index in [9.17, 15) is 4.79 Å². The fraction of sp³-hybridized carbons (Fsp3) is 0.800. The number of nitrogens with one attached hydrogen (secondary N) is 1. The molecule has 0 aromatic rings. The Labute approximate surface area is 49.2 Å². The number of aliphatic carboxylic acids is 1. The van der Waals surface area contributed by atoms with E-state index >= 15 is 0 Å². The minimum Gasteiger partial charge on any atom is -0.480 e. The van der Waals surface area contributed by atoms with Crippen LogP contribution in [-0.4, -0.2) is 23.7 Å². The Bertz CT molecular complexity index is 101. The third-order valence-electron chi connectivity index (χ3n) is 1.36. The van der Waals surface area contributed by atoms with Crippen molar-refractivity contribution in [1.29, 1.82) is 0 Å². The Hall–Kier alpha value is -0.570. The van der Waals surface area contributed by atoms with E-state index in [2.05, 4.69) is 5.32 Å². The number of rotatable bonds is 1. The van der Waals surface area contributed by atoms with Crippen LogP contribution in [0.25, 0.3) is 0 Å². The molecule has 0 aliphatic carbocycles. The fourth-order valence-electron chi connectivity index (χ4n) is 0.895. The fourth-order valence-corrected chi connectivity index (χ4v) is 0.895. The van der Waals surface area contributed by atoms with Crippen LogP contribution in [0.3, 0.4) is 0 Å². The van der Waals surface area contributed by atoms with Gasteiger partial charge in [-0.25, -0.2) is 0 Å². The molecule has 0 bridgehead atoms. The Kier molecular flexibility index (Phi) is 1.48. The van der Waals surface area contributed by atoms with E-state index in [1.54, 1.807) is 0 Å². The Morgan fingerprint density at radius 2 is 2.62 bits per heavy atom. The van der Waals surface area contributed by atoms with Gasteiger partial charge in [0.05, 0.1) is 0 Å². The van der Waals surface area contributed by atoms with Crippen molar-refractivity contribution in [2.45, 2.75) is 18.9 Å². The topological polar surface area (TPSA) is 49.3 Å². The van der Waals surface area contributed by atoms with E-state index in [1.807, 2.05) is 0 Å². The first kappa shape index (κ1) is 5.56. The third-order valence-corrected chi connectivity index (χ3v) is 1.36. The highest BCUT2D eigenvalue weighted by Gasteiger charge is 2.20. The van der Waals surface area contributed by atoms with Crippen LogP contribution >= 0.6 is 0 Å². The normalized spacial score (nSPS) is 28.2. The molecule has 1 heterocycles. The number of hydrogen-bond acceptors (Lipinski definition) is 2. The zero-order chi connectivity index (χ0) is 5.98. The molecule has 0 saturated carbocycles. The minimum atomic E-state index is -0.720. The summed E-state index contributed by atoms with van der Waals surface area (Å²) in [4.78, 5) is 10.1. The molecule has 0 aromatic carbocycles. The maximum atomic E-state index is 10.1. The maximum absolute atomic E-state index is 10.1. The largest absolute Gasteiger partial charge is 1.00 e. The predicted molar refractivity (Wildman–Crippen MR) is 29.8 cm³/mol. The standard InChI is InChI=1S/C5H9NO2/c7-5(8)4-2-1-3-6-4/h4,6H,1-3H2,(H,7,8)/p+1/t4-/m0/s1. The van der Waals surface area contributed by atoms with E-state index in [1.165, 1.54) is 0 Å². The number of carboxylic acids is 1. The molecule has 1 fully saturated rings. The molecule has 1 atom stereocenters. The molecule has 0 spiro atoms. The lowest BCUT2D eigenvalue weighted by Gasteiger charge is -1.99. The van der Waals surface area contributed by atoms with Crippen molar-refractivity contribution in [3.63, 3.8) is 0 Å². The molecule has 0 amide bonds. The number of carbonyl (C=O) groups is 1. The summed E-state index contributed by atoms with van der Waals surface area (Å²) in [5, 5.41) is 11.2. The van der Waals surface area contributed by atoms with Crippen molar-refractivity contribution in [3.05, 3.63) is 0 Å². The molecule has 1 saturated heterocycles. The lowest BCUT2D eigenvalue weighted by Crippen LogP contribution is -2.29. The van der Waals surface area contributed by atoms with Gasteiger partial charge in [-0.2, -0.15) is 0 Å². The Balaban J connectivity index is 0.000000640. The van der Waals surface area contributed by atoms with Crippen molar-refractivity contribution < 1.29 is 11.3 Å². The van der Waals surface area contributed by atoms with Gasteiger partial charge in [-0.3, -0.25) is 4.79 Å². The highest BCUT2D eigenvalue weighted by atomic mass is 16.4. The second kappa shape index (κ2) is 2.13. The highest BCUT2D eigenvalue weighted by molar-refractivity contribution is 5.73. The lowest BCUT2D eigenvalue weighted by molar-refractivity contribution is -0.139. The molecule has 8 heavy (non-hydrogen) atoms. The zero-order valence-electron chi connectivity index (χ0n) is 5.55. The second-order valence-corrected chi connectivity index (χ2v) is 1.99. The first-order valence-corrected chi connectivity index (χ1v) is 2.77. The van der Waals surface area contributed by atoms with E-state index < -0.39 is 5.97 Å². The van der Waals surface area contributed by atoms with Gasteiger partial charge in [0.1, 0.15) is 6.04 Å². The van der Waals surface area contributed by atoms with Gasteiger partial charge in [-0.05, 0) is 19.4 Å². The van der Waals surface area contributed by atoms with E-state index in [4.69, 9.17) is 5.11 Å². The Morgan fingerprint density at radius 1 is 1.88 bits per heavy atom. The van der Waals surface area contributed by atoms with Crippen LogP contribution in [0.4, 0.5) is 0 Å². The molecule has 3 nitrogen and oxygen atoms in total. The maximum Gasteiger partial charge on any atom is 1.00 e. The summed E-state index contributed by atoms with van der Waals surface area (Å²) < 4.78 is 0. The molecule has 2 N–H and O–H groups in total. The van der Waals surface area contributed by atoms with Crippen molar-refractivity contribution >= 4 is 5.97 Å². The minimum absolute atomic E-state index is 0. The van der Waals surface area contributed by atoms with Gasteiger partial charge in [0.25, 0.3) is 0 Å². The first-order valence-electron chi connectivity index (χ1n) is 2.77. The Morgan fingerprint density at radius 3 is 2.88 bits per heavy atom. The van der Waals surface area contributed by atoms with E-state index in [-0.39, 0.29) is 7.47 Å². The van der Waals surface area contributed by atoms with Gasteiger partial charge in [0.2, 0.25) is 0 Å². The molecule has 1 aliphatic rings. The van der Waals surface area contributed by atoms with E-state index in [0.29, 0.717) is 0 Å². The van der Waals surface area contributed by atoms with E-state index in [0.717, 1.165) is 19.4 Å². The summed E-state index contributed by atoms with van der Waals surface area (Å²) in [6.45, 7) is 0.858. The summed E-state index contributed by atoms with van der Waals surface area (Å²) in [7, 11) is 0. The van der Waals surface area contributed by atoms with Gasteiger partial charge in [-0.15, -0.1) is 0 Å². The van der Waals surface area contributed by atoms with Crippen LogP contribution in [0.1, 0.15) is 14.3 Å². The lowest BCUT2D eigenvalue weighted by atomic mass is 10.2. The molecule has 1 rings (SSSR count). The van der Waals surface area contributed by atoms with Crippen molar-refractivity contribution in [1.82, 2.24) is 5.32 Å². The average molecular weight is 116 g/mol. The quantitative estimate of drug-likeness (QED) is 0.504. The summed E-state index contributed by atoms with van der Waals surface area (Å²) in [6, 6.07) is -0.269. The van der Waals surface area contributed by atoms with Gasteiger partial charge in [0, 0.05) is 0 Å². The van der Waals surface area contributed by atoms with Crippen LogP contribution in [0.5, 0.6) is 0 Å². The van der Waals surface area contributed by atoms with Crippen LogP contribution in [0.2, 0.25) is 0 Å². The molecule has 3 heteroatoms. The molecular formula is C5H10NO2+.